The van der Waals surface area contributed by atoms with Gasteiger partial charge in [-0.1, -0.05) is 0 Å². The minimum absolute atomic E-state index is 0.702. The second-order valence-electron chi connectivity index (χ2n) is 3.18. The van der Waals surface area contributed by atoms with Crippen LogP contribution in [0.15, 0.2) is 41.0 Å². The molecule has 0 spiro atoms. The van der Waals surface area contributed by atoms with Gasteiger partial charge in [-0.05, 0) is 64.8 Å². The normalized spacial score (nSPS) is 10.3. The van der Waals surface area contributed by atoms with Gasteiger partial charge in [-0.2, -0.15) is 0 Å². The molecular formula is C12H12BrNO. The van der Waals surface area contributed by atoms with E-state index in [1.165, 1.54) is 0 Å². The maximum Gasteiger partial charge on any atom is 0.119 e. The van der Waals surface area contributed by atoms with Gasteiger partial charge in [0, 0.05) is 5.69 Å². The molecule has 0 atom stereocenters. The largest absolute Gasteiger partial charge is 0.494 e. The van der Waals surface area contributed by atoms with Crippen molar-refractivity contribution in [2.45, 2.75) is 6.92 Å². The summed E-state index contributed by atoms with van der Waals surface area (Å²) in [5.74, 6) is 0.909. The molecule has 0 saturated carbocycles. The molecule has 0 amide bonds. The summed E-state index contributed by atoms with van der Waals surface area (Å²) in [6.45, 7) is 2.68. The van der Waals surface area contributed by atoms with E-state index < -0.39 is 0 Å². The Morgan fingerprint density at radius 1 is 1.13 bits per heavy atom. The lowest BCUT2D eigenvalue weighted by atomic mass is 10.1. The molecule has 1 aromatic heterocycles. The molecule has 3 heteroatoms. The van der Waals surface area contributed by atoms with Gasteiger partial charge in [0.15, 0.2) is 0 Å². The van der Waals surface area contributed by atoms with E-state index in [2.05, 4.69) is 20.9 Å². The number of halogens is 1. The maximum atomic E-state index is 5.38. The lowest BCUT2D eigenvalue weighted by Gasteiger charge is -2.03. The molecule has 15 heavy (non-hydrogen) atoms. The van der Waals surface area contributed by atoms with Crippen LogP contribution in [-0.2, 0) is 0 Å². The minimum Gasteiger partial charge on any atom is -0.494 e. The van der Waals surface area contributed by atoms with Crippen molar-refractivity contribution in [3.05, 3.63) is 41.0 Å². The van der Waals surface area contributed by atoms with Gasteiger partial charge < -0.3 is 9.72 Å². The van der Waals surface area contributed by atoms with Crippen LogP contribution in [0, 0.1) is 0 Å². The Hall–Kier alpha value is -1.22. The average molecular weight is 266 g/mol. The highest BCUT2D eigenvalue weighted by atomic mass is 79.9. The molecule has 1 heterocycles. The van der Waals surface area contributed by atoms with Gasteiger partial charge in [-0.25, -0.2) is 0 Å². The number of nitrogens with one attached hydrogen (secondary N) is 1. The van der Waals surface area contributed by atoms with Crippen LogP contribution in [0.1, 0.15) is 6.92 Å². The number of hydrogen-bond donors (Lipinski definition) is 1. The van der Waals surface area contributed by atoms with Crippen LogP contribution in [0.3, 0.4) is 0 Å². The Balaban J connectivity index is 2.23. The molecule has 0 fully saturated rings. The van der Waals surface area contributed by atoms with Crippen molar-refractivity contribution < 1.29 is 4.74 Å². The molecule has 78 valence electrons. The van der Waals surface area contributed by atoms with Gasteiger partial charge in [0.25, 0.3) is 0 Å². The van der Waals surface area contributed by atoms with Crippen LogP contribution in [0.25, 0.3) is 11.3 Å². The Morgan fingerprint density at radius 3 is 2.40 bits per heavy atom. The summed E-state index contributed by atoms with van der Waals surface area (Å²) < 4.78 is 6.37. The average Bonchev–Trinajstić information content (AvgIpc) is 2.67. The zero-order chi connectivity index (χ0) is 10.7. The predicted octanol–water partition coefficient (Wildman–Crippen LogP) is 3.84. The number of H-pyrrole nitrogens is 1. The number of hydrogen-bond acceptors (Lipinski definition) is 1. The molecule has 1 N–H and O–H groups in total. The molecule has 2 rings (SSSR count). The van der Waals surface area contributed by atoms with Crippen LogP contribution >= 0.6 is 15.9 Å². The first-order valence-corrected chi connectivity index (χ1v) is 5.66. The molecule has 0 saturated heterocycles. The second-order valence-corrected chi connectivity index (χ2v) is 4.03. The summed E-state index contributed by atoms with van der Waals surface area (Å²) in [5.41, 5.74) is 2.26. The first-order valence-electron chi connectivity index (χ1n) is 4.87. The van der Waals surface area contributed by atoms with E-state index in [0.29, 0.717) is 6.61 Å². The summed E-state index contributed by atoms with van der Waals surface area (Å²) >= 11 is 3.39. The van der Waals surface area contributed by atoms with Crippen molar-refractivity contribution in [2.24, 2.45) is 0 Å². The smallest absolute Gasteiger partial charge is 0.119 e. The summed E-state index contributed by atoms with van der Waals surface area (Å²) in [4.78, 5) is 3.22. The number of ether oxygens (including phenoxy) is 1. The van der Waals surface area contributed by atoms with Gasteiger partial charge in [-0.3, -0.25) is 0 Å². The van der Waals surface area contributed by atoms with Crippen molar-refractivity contribution in [2.75, 3.05) is 6.61 Å². The predicted molar refractivity (Wildman–Crippen MR) is 65.1 cm³/mol. The monoisotopic (exact) mass is 265 g/mol. The van der Waals surface area contributed by atoms with E-state index in [-0.39, 0.29) is 0 Å². The Kier molecular flexibility index (Phi) is 3.11. The summed E-state index contributed by atoms with van der Waals surface area (Å²) in [6, 6.07) is 12.1. The molecular weight excluding hydrogens is 254 g/mol. The number of benzene rings is 1. The Morgan fingerprint density at radius 2 is 1.87 bits per heavy atom. The molecule has 1 aromatic carbocycles. The Labute approximate surface area is 97.4 Å². The highest BCUT2D eigenvalue weighted by molar-refractivity contribution is 9.10. The summed E-state index contributed by atoms with van der Waals surface area (Å²) in [7, 11) is 0. The third-order valence-electron chi connectivity index (χ3n) is 2.13. The number of rotatable bonds is 3. The molecule has 2 aromatic rings. The standard InChI is InChI=1S/C12H12BrNO/c1-2-15-10-5-3-9(4-6-10)11-7-8-12(13)14-11/h3-8,14H,2H2,1H3. The topological polar surface area (TPSA) is 25.0 Å². The van der Waals surface area contributed by atoms with Gasteiger partial charge in [0.05, 0.1) is 11.2 Å². The fraction of sp³-hybridized carbons (Fsp3) is 0.167. The Bertz CT molecular complexity index is 433. The van der Waals surface area contributed by atoms with Crippen molar-refractivity contribution in [1.82, 2.24) is 4.98 Å². The third-order valence-corrected chi connectivity index (χ3v) is 2.59. The van der Waals surface area contributed by atoms with Gasteiger partial charge in [0.1, 0.15) is 5.75 Å². The van der Waals surface area contributed by atoms with E-state index in [1.807, 2.05) is 43.3 Å². The van der Waals surface area contributed by atoms with Crippen LogP contribution in [0.5, 0.6) is 5.75 Å². The van der Waals surface area contributed by atoms with E-state index in [0.717, 1.165) is 21.6 Å². The summed E-state index contributed by atoms with van der Waals surface area (Å²) in [5, 5.41) is 0. The SMILES string of the molecule is CCOc1ccc(-c2ccc(Br)[nH]2)cc1. The molecule has 2 nitrogen and oxygen atoms in total. The number of aromatic amines is 1. The van der Waals surface area contributed by atoms with Gasteiger partial charge >= 0.3 is 0 Å². The van der Waals surface area contributed by atoms with E-state index >= 15 is 0 Å². The van der Waals surface area contributed by atoms with E-state index in [9.17, 15) is 0 Å². The van der Waals surface area contributed by atoms with Crippen LogP contribution in [-0.4, -0.2) is 11.6 Å². The molecule has 0 aliphatic rings. The molecule has 0 unspecified atom stereocenters. The summed E-state index contributed by atoms with van der Waals surface area (Å²) in [6.07, 6.45) is 0. The van der Waals surface area contributed by atoms with Gasteiger partial charge in [-0.15, -0.1) is 0 Å². The molecule has 0 bridgehead atoms. The number of aromatic nitrogens is 1. The zero-order valence-electron chi connectivity index (χ0n) is 8.46. The minimum atomic E-state index is 0.702. The second kappa shape index (κ2) is 4.53. The third kappa shape index (κ3) is 2.42. The lowest BCUT2D eigenvalue weighted by Crippen LogP contribution is -1.90. The maximum absolute atomic E-state index is 5.38. The lowest BCUT2D eigenvalue weighted by molar-refractivity contribution is 0.340. The van der Waals surface area contributed by atoms with Crippen molar-refractivity contribution in [3.8, 4) is 17.0 Å². The fourth-order valence-corrected chi connectivity index (χ4v) is 1.78. The first-order chi connectivity index (χ1) is 7.29. The highest BCUT2D eigenvalue weighted by Crippen LogP contribution is 2.23. The van der Waals surface area contributed by atoms with E-state index in [1.54, 1.807) is 0 Å². The molecule has 0 aliphatic heterocycles. The zero-order valence-corrected chi connectivity index (χ0v) is 10.0. The molecule has 0 radical (unpaired) electrons. The van der Waals surface area contributed by atoms with E-state index in [4.69, 9.17) is 4.74 Å². The molecule has 0 aliphatic carbocycles. The van der Waals surface area contributed by atoms with Crippen LogP contribution in [0.2, 0.25) is 0 Å². The fourth-order valence-electron chi connectivity index (χ4n) is 1.43. The van der Waals surface area contributed by atoms with Crippen molar-refractivity contribution in [3.63, 3.8) is 0 Å². The van der Waals surface area contributed by atoms with Crippen molar-refractivity contribution in [1.29, 1.82) is 0 Å². The quantitative estimate of drug-likeness (QED) is 0.896. The first kappa shape index (κ1) is 10.3. The highest BCUT2D eigenvalue weighted by Gasteiger charge is 2.00. The van der Waals surface area contributed by atoms with Crippen LogP contribution < -0.4 is 4.74 Å². The van der Waals surface area contributed by atoms with Gasteiger partial charge in [0.2, 0.25) is 0 Å². The van der Waals surface area contributed by atoms with Crippen LogP contribution in [0.4, 0.5) is 0 Å². The van der Waals surface area contributed by atoms with Crippen molar-refractivity contribution >= 4 is 15.9 Å².